The number of hydrogen-bond acceptors (Lipinski definition) is 1. The number of halogens is 1. The zero-order valence-corrected chi connectivity index (χ0v) is 7.82. The van der Waals surface area contributed by atoms with Crippen LogP contribution in [0.1, 0.15) is 18.1 Å². The van der Waals surface area contributed by atoms with Gasteiger partial charge < -0.3 is 4.74 Å². The Bertz CT molecular complexity index is 306. The van der Waals surface area contributed by atoms with E-state index in [0.717, 1.165) is 30.2 Å². The molecule has 0 unspecified atom stereocenters. The molecule has 0 spiro atoms. The van der Waals surface area contributed by atoms with Crippen LogP contribution in [0.5, 0.6) is 5.75 Å². The molecule has 2 rings (SSSR count). The third-order valence-corrected chi connectivity index (χ3v) is 2.59. The van der Waals surface area contributed by atoms with Crippen LogP contribution in [0.25, 0.3) is 0 Å². The molecule has 1 aliphatic rings. The van der Waals surface area contributed by atoms with Gasteiger partial charge in [-0.25, -0.2) is 0 Å². The molecule has 0 fully saturated rings. The second kappa shape index (κ2) is 2.98. The van der Waals surface area contributed by atoms with Gasteiger partial charge in [0.15, 0.2) is 0 Å². The van der Waals surface area contributed by atoms with Crippen molar-refractivity contribution in [2.75, 3.05) is 6.61 Å². The first-order valence-corrected chi connectivity index (χ1v) is 4.63. The molecule has 1 aliphatic heterocycles. The van der Waals surface area contributed by atoms with Crippen molar-refractivity contribution in [1.29, 1.82) is 0 Å². The minimum Gasteiger partial charge on any atom is -0.493 e. The van der Waals surface area contributed by atoms with Gasteiger partial charge in [0.2, 0.25) is 0 Å². The standard InChI is InChI=1S/C10H11ClO/c1-2-7-5-8-3-4-12-10(8)6-9(7)11/h5-6H,2-4H2,1H3. The molecule has 2 heteroatoms. The van der Waals surface area contributed by atoms with Gasteiger partial charge in [0.25, 0.3) is 0 Å². The monoisotopic (exact) mass is 182 g/mol. The number of fused-ring (bicyclic) bond motifs is 1. The van der Waals surface area contributed by atoms with E-state index in [1.54, 1.807) is 0 Å². The van der Waals surface area contributed by atoms with Crippen LogP contribution >= 0.6 is 11.6 Å². The SMILES string of the molecule is CCc1cc2c(cc1Cl)OCC2. The van der Waals surface area contributed by atoms with E-state index in [2.05, 4.69) is 13.0 Å². The topological polar surface area (TPSA) is 9.23 Å². The fourth-order valence-electron chi connectivity index (χ4n) is 1.52. The van der Waals surface area contributed by atoms with Gasteiger partial charge in [0.1, 0.15) is 5.75 Å². The van der Waals surface area contributed by atoms with Crippen LogP contribution in [0, 0.1) is 0 Å². The third kappa shape index (κ3) is 1.18. The van der Waals surface area contributed by atoms with Crippen LogP contribution in [-0.4, -0.2) is 6.61 Å². The predicted octanol–water partition coefficient (Wildman–Crippen LogP) is 2.84. The molecule has 1 heterocycles. The molecule has 0 N–H and O–H groups in total. The maximum absolute atomic E-state index is 6.03. The van der Waals surface area contributed by atoms with Crippen molar-refractivity contribution in [2.45, 2.75) is 19.8 Å². The summed E-state index contributed by atoms with van der Waals surface area (Å²) in [5.74, 6) is 0.970. The molecule has 12 heavy (non-hydrogen) atoms. The minimum atomic E-state index is 0.804. The minimum absolute atomic E-state index is 0.804. The Morgan fingerprint density at radius 1 is 1.50 bits per heavy atom. The maximum atomic E-state index is 6.03. The van der Waals surface area contributed by atoms with Crippen molar-refractivity contribution < 1.29 is 4.74 Å². The molecule has 0 aromatic heterocycles. The van der Waals surface area contributed by atoms with E-state index < -0.39 is 0 Å². The molecule has 64 valence electrons. The third-order valence-electron chi connectivity index (χ3n) is 2.24. The summed E-state index contributed by atoms with van der Waals surface area (Å²) in [5, 5.41) is 0.832. The Balaban J connectivity index is 2.49. The summed E-state index contributed by atoms with van der Waals surface area (Å²) < 4.78 is 5.39. The van der Waals surface area contributed by atoms with Gasteiger partial charge in [-0.05, 0) is 23.6 Å². The van der Waals surface area contributed by atoms with Crippen LogP contribution in [-0.2, 0) is 12.8 Å². The number of rotatable bonds is 1. The van der Waals surface area contributed by atoms with E-state index in [1.807, 2.05) is 6.07 Å². The summed E-state index contributed by atoms with van der Waals surface area (Å²) in [4.78, 5) is 0. The van der Waals surface area contributed by atoms with Crippen molar-refractivity contribution >= 4 is 11.6 Å². The second-order valence-corrected chi connectivity index (χ2v) is 3.41. The molecule has 0 aliphatic carbocycles. The highest BCUT2D eigenvalue weighted by Gasteiger charge is 2.13. The van der Waals surface area contributed by atoms with Crippen LogP contribution in [0.2, 0.25) is 5.02 Å². The maximum Gasteiger partial charge on any atom is 0.124 e. The Labute approximate surface area is 77.3 Å². The van der Waals surface area contributed by atoms with Crippen LogP contribution in [0.3, 0.4) is 0 Å². The van der Waals surface area contributed by atoms with Crippen molar-refractivity contribution in [2.24, 2.45) is 0 Å². The molecule has 0 saturated heterocycles. The summed E-state index contributed by atoms with van der Waals surface area (Å²) in [6.45, 7) is 2.92. The number of hydrogen-bond donors (Lipinski definition) is 0. The highest BCUT2D eigenvalue weighted by atomic mass is 35.5. The largest absolute Gasteiger partial charge is 0.493 e. The predicted molar refractivity (Wildman–Crippen MR) is 50.0 cm³/mol. The fourth-order valence-corrected chi connectivity index (χ4v) is 1.81. The van der Waals surface area contributed by atoms with Crippen molar-refractivity contribution in [3.63, 3.8) is 0 Å². The highest BCUT2D eigenvalue weighted by Crippen LogP contribution is 2.31. The molecule has 0 saturated carbocycles. The van der Waals surface area contributed by atoms with Gasteiger partial charge in [-0.15, -0.1) is 0 Å². The lowest BCUT2D eigenvalue weighted by Crippen LogP contribution is -1.86. The normalized spacial score (nSPS) is 14.2. The number of benzene rings is 1. The first-order chi connectivity index (χ1) is 5.81. The quantitative estimate of drug-likeness (QED) is 0.649. The number of ether oxygens (including phenoxy) is 1. The van der Waals surface area contributed by atoms with E-state index in [4.69, 9.17) is 16.3 Å². The van der Waals surface area contributed by atoms with E-state index >= 15 is 0 Å². The summed E-state index contributed by atoms with van der Waals surface area (Å²) in [7, 11) is 0. The summed E-state index contributed by atoms with van der Waals surface area (Å²) >= 11 is 6.03. The van der Waals surface area contributed by atoms with Crippen LogP contribution in [0.15, 0.2) is 12.1 Å². The summed E-state index contributed by atoms with van der Waals surface area (Å²) in [5.41, 5.74) is 2.53. The molecule has 0 atom stereocenters. The molecule has 0 amide bonds. The van der Waals surface area contributed by atoms with E-state index in [0.29, 0.717) is 0 Å². The molecule has 1 aromatic carbocycles. The first kappa shape index (κ1) is 7.93. The smallest absolute Gasteiger partial charge is 0.124 e. The lowest BCUT2D eigenvalue weighted by molar-refractivity contribution is 0.357. The molecule has 1 nitrogen and oxygen atoms in total. The second-order valence-electron chi connectivity index (χ2n) is 3.00. The fraction of sp³-hybridized carbons (Fsp3) is 0.400. The van der Waals surface area contributed by atoms with Gasteiger partial charge in [-0.2, -0.15) is 0 Å². The molecule has 0 bridgehead atoms. The average Bonchev–Trinajstić information content (AvgIpc) is 2.49. The molecular weight excluding hydrogens is 172 g/mol. The van der Waals surface area contributed by atoms with E-state index in [9.17, 15) is 0 Å². The van der Waals surface area contributed by atoms with Crippen molar-refractivity contribution in [1.82, 2.24) is 0 Å². The lowest BCUT2D eigenvalue weighted by Gasteiger charge is -2.04. The van der Waals surface area contributed by atoms with Gasteiger partial charge in [0.05, 0.1) is 6.61 Å². The van der Waals surface area contributed by atoms with Gasteiger partial charge in [-0.3, -0.25) is 0 Å². The van der Waals surface area contributed by atoms with Crippen molar-refractivity contribution in [3.05, 3.63) is 28.3 Å². The molecular formula is C10H11ClO. The van der Waals surface area contributed by atoms with Crippen molar-refractivity contribution in [3.8, 4) is 5.75 Å². The van der Waals surface area contributed by atoms with Gasteiger partial charge in [-0.1, -0.05) is 24.6 Å². The number of aryl methyl sites for hydroxylation is 1. The highest BCUT2D eigenvalue weighted by molar-refractivity contribution is 6.31. The van der Waals surface area contributed by atoms with Crippen LogP contribution in [0.4, 0.5) is 0 Å². The molecule has 0 radical (unpaired) electrons. The zero-order chi connectivity index (χ0) is 8.55. The first-order valence-electron chi connectivity index (χ1n) is 4.25. The average molecular weight is 183 g/mol. The van der Waals surface area contributed by atoms with E-state index in [-0.39, 0.29) is 0 Å². The summed E-state index contributed by atoms with van der Waals surface area (Å²) in [6.07, 6.45) is 2.02. The summed E-state index contributed by atoms with van der Waals surface area (Å²) in [6, 6.07) is 4.09. The Morgan fingerprint density at radius 2 is 2.33 bits per heavy atom. The van der Waals surface area contributed by atoms with Gasteiger partial charge in [0, 0.05) is 11.4 Å². The van der Waals surface area contributed by atoms with Gasteiger partial charge >= 0.3 is 0 Å². The Hall–Kier alpha value is -0.690. The lowest BCUT2D eigenvalue weighted by atomic mass is 10.1. The van der Waals surface area contributed by atoms with Crippen LogP contribution < -0.4 is 4.74 Å². The van der Waals surface area contributed by atoms with E-state index in [1.165, 1.54) is 11.1 Å². The Morgan fingerprint density at radius 3 is 3.08 bits per heavy atom. The Kier molecular flexibility index (Phi) is 1.97. The zero-order valence-electron chi connectivity index (χ0n) is 7.06. The molecule has 1 aromatic rings.